The summed E-state index contributed by atoms with van der Waals surface area (Å²) in [5.41, 5.74) is 0.893. The van der Waals surface area contributed by atoms with Crippen molar-refractivity contribution in [2.75, 3.05) is 18.0 Å². The Bertz CT molecular complexity index is 475. The first-order valence-corrected chi connectivity index (χ1v) is 7.75. The van der Waals surface area contributed by atoms with Gasteiger partial charge in [-0.1, -0.05) is 27.7 Å². The fourth-order valence-corrected chi connectivity index (χ4v) is 2.96. The standard InChI is InChI=1S/C17H26F2N2/c1-12(2)20-10-13-8-14(18)16(15(19)9-13)21-7-5-6-17(3,4)11-21/h8-9,12,20H,5-7,10-11H2,1-4H3. The second-order valence-electron chi connectivity index (χ2n) is 7.13. The van der Waals surface area contributed by atoms with Crippen LogP contribution >= 0.6 is 0 Å². The smallest absolute Gasteiger partial charge is 0.149 e. The Morgan fingerprint density at radius 3 is 2.38 bits per heavy atom. The van der Waals surface area contributed by atoms with Crippen LogP contribution in [-0.4, -0.2) is 19.1 Å². The fourth-order valence-electron chi connectivity index (χ4n) is 2.96. The lowest BCUT2D eigenvalue weighted by Gasteiger charge is -2.39. The highest BCUT2D eigenvalue weighted by molar-refractivity contribution is 5.51. The lowest BCUT2D eigenvalue weighted by atomic mass is 9.84. The van der Waals surface area contributed by atoms with Crippen LogP contribution in [0.2, 0.25) is 0 Å². The fraction of sp³-hybridized carbons (Fsp3) is 0.647. The average Bonchev–Trinajstić information content (AvgIpc) is 2.34. The van der Waals surface area contributed by atoms with Crippen molar-refractivity contribution in [1.29, 1.82) is 0 Å². The summed E-state index contributed by atoms with van der Waals surface area (Å²) in [7, 11) is 0. The summed E-state index contributed by atoms with van der Waals surface area (Å²) >= 11 is 0. The topological polar surface area (TPSA) is 15.3 Å². The lowest BCUT2D eigenvalue weighted by molar-refractivity contribution is 0.290. The molecule has 0 radical (unpaired) electrons. The van der Waals surface area contributed by atoms with Gasteiger partial charge in [-0.3, -0.25) is 0 Å². The van der Waals surface area contributed by atoms with Gasteiger partial charge in [0.2, 0.25) is 0 Å². The first-order valence-electron chi connectivity index (χ1n) is 7.75. The SMILES string of the molecule is CC(C)NCc1cc(F)c(N2CCCC(C)(C)C2)c(F)c1. The van der Waals surface area contributed by atoms with Crippen LogP contribution < -0.4 is 10.2 Å². The molecule has 1 N–H and O–H groups in total. The van der Waals surface area contributed by atoms with E-state index in [4.69, 9.17) is 0 Å². The van der Waals surface area contributed by atoms with E-state index in [1.54, 1.807) is 0 Å². The van der Waals surface area contributed by atoms with Crippen LogP contribution in [0.25, 0.3) is 0 Å². The summed E-state index contributed by atoms with van der Waals surface area (Å²) in [5, 5.41) is 3.18. The summed E-state index contributed by atoms with van der Waals surface area (Å²) in [5.74, 6) is -0.901. The Kier molecular flexibility index (Phi) is 4.87. The molecule has 1 aromatic rings. The van der Waals surface area contributed by atoms with Crippen LogP contribution in [0.4, 0.5) is 14.5 Å². The zero-order valence-electron chi connectivity index (χ0n) is 13.5. The van der Waals surface area contributed by atoms with E-state index >= 15 is 0 Å². The van der Waals surface area contributed by atoms with Gasteiger partial charge in [0.1, 0.15) is 17.3 Å². The summed E-state index contributed by atoms with van der Waals surface area (Å²) < 4.78 is 28.7. The Balaban J connectivity index is 2.20. The summed E-state index contributed by atoms with van der Waals surface area (Å²) in [6.45, 7) is 10.2. The molecule has 1 aliphatic heterocycles. The van der Waals surface area contributed by atoms with Crippen LogP contribution in [0.1, 0.15) is 46.1 Å². The quantitative estimate of drug-likeness (QED) is 0.900. The first-order chi connectivity index (χ1) is 9.78. The molecular weight excluding hydrogens is 270 g/mol. The van der Waals surface area contributed by atoms with Crippen molar-refractivity contribution < 1.29 is 8.78 Å². The van der Waals surface area contributed by atoms with Gasteiger partial charge < -0.3 is 10.2 Å². The second-order valence-corrected chi connectivity index (χ2v) is 7.13. The minimum Gasteiger partial charge on any atom is -0.366 e. The molecule has 0 spiro atoms. The van der Waals surface area contributed by atoms with Gasteiger partial charge in [-0.05, 0) is 36.0 Å². The van der Waals surface area contributed by atoms with Crippen molar-refractivity contribution in [2.24, 2.45) is 5.41 Å². The van der Waals surface area contributed by atoms with E-state index in [-0.39, 0.29) is 11.1 Å². The predicted octanol–water partition coefficient (Wildman–Crippen LogP) is 4.09. The number of nitrogens with one attached hydrogen (secondary N) is 1. The van der Waals surface area contributed by atoms with Crippen molar-refractivity contribution in [3.63, 3.8) is 0 Å². The second kappa shape index (κ2) is 6.30. The molecule has 21 heavy (non-hydrogen) atoms. The Hall–Kier alpha value is -1.16. The van der Waals surface area contributed by atoms with Crippen LogP contribution in [-0.2, 0) is 6.54 Å². The van der Waals surface area contributed by atoms with Gasteiger partial charge in [0.05, 0.1) is 0 Å². The van der Waals surface area contributed by atoms with Gasteiger partial charge >= 0.3 is 0 Å². The monoisotopic (exact) mass is 296 g/mol. The van der Waals surface area contributed by atoms with Crippen molar-refractivity contribution in [3.05, 3.63) is 29.3 Å². The maximum absolute atomic E-state index is 14.4. The van der Waals surface area contributed by atoms with Gasteiger partial charge in [0.15, 0.2) is 0 Å². The number of anilines is 1. The van der Waals surface area contributed by atoms with Crippen LogP contribution in [0.15, 0.2) is 12.1 Å². The molecule has 1 fully saturated rings. The highest BCUT2D eigenvalue weighted by Gasteiger charge is 2.29. The van der Waals surface area contributed by atoms with Crippen molar-refractivity contribution >= 4 is 5.69 Å². The molecular formula is C17H26F2N2. The Morgan fingerprint density at radius 2 is 1.86 bits per heavy atom. The lowest BCUT2D eigenvalue weighted by Crippen LogP contribution is -2.41. The zero-order valence-corrected chi connectivity index (χ0v) is 13.5. The molecule has 1 heterocycles. The number of nitrogens with zero attached hydrogens (tertiary/aromatic N) is 1. The molecule has 0 amide bonds. The molecule has 4 heteroatoms. The van der Waals surface area contributed by atoms with Gasteiger partial charge in [-0.15, -0.1) is 0 Å². The van der Waals surface area contributed by atoms with Crippen molar-refractivity contribution in [2.45, 2.75) is 53.1 Å². The van der Waals surface area contributed by atoms with Crippen molar-refractivity contribution in [1.82, 2.24) is 5.32 Å². The maximum atomic E-state index is 14.4. The Morgan fingerprint density at radius 1 is 1.24 bits per heavy atom. The number of hydrogen-bond donors (Lipinski definition) is 1. The summed E-state index contributed by atoms with van der Waals surface area (Å²) in [6.07, 6.45) is 2.08. The molecule has 1 saturated heterocycles. The molecule has 0 bridgehead atoms. The van der Waals surface area contributed by atoms with Gasteiger partial charge in [0, 0.05) is 25.7 Å². The van der Waals surface area contributed by atoms with E-state index in [0.29, 0.717) is 24.7 Å². The molecule has 0 unspecified atom stereocenters. The molecule has 2 nitrogen and oxygen atoms in total. The van der Waals surface area contributed by atoms with E-state index in [1.807, 2.05) is 18.7 Å². The van der Waals surface area contributed by atoms with Gasteiger partial charge in [0.25, 0.3) is 0 Å². The average molecular weight is 296 g/mol. The van der Waals surface area contributed by atoms with E-state index in [9.17, 15) is 8.78 Å². The number of rotatable bonds is 4. The molecule has 0 atom stereocenters. The summed E-state index contributed by atoms with van der Waals surface area (Å²) in [4.78, 5) is 1.85. The van der Waals surface area contributed by atoms with E-state index in [2.05, 4.69) is 19.2 Å². The largest absolute Gasteiger partial charge is 0.366 e. The third kappa shape index (κ3) is 4.16. The predicted molar refractivity (Wildman–Crippen MR) is 83.6 cm³/mol. The van der Waals surface area contributed by atoms with Crippen molar-refractivity contribution in [3.8, 4) is 0 Å². The maximum Gasteiger partial charge on any atom is 0.149 e. The normalized spacial score (nSPS) is 18.3. The summed E-state index contributed by atoms with van der Waals surface area (Å²) in [6, 6.07) is 3.20. The third-order valence-electron chi connectivity index (χ3n) is 4.01. The molecule has 0 aliphatic carbocycles. The molecule has 0 saturated carbocycles. The van der Waals surface area contributed by atoms with Gasteiger partial charge in [-0.25, -0.2) is 8.78 Å². The molecule has 2 rings (SSSR count). The van der Waals surface area contributed by atoms with Crippen LogP contribution in [0.3, 0.4) is 0 Å². The number of hydrogen-bond acceptors (Lipinski definition) is 2. The Labute approximate surface area is 126 Å². The number of benzene rings is 1. The molecule has 118 valence electrons. The number of piperidine rings is 1. The first kappa shape index (κ1) is 16.2. The molecule has 0 aromatic heterocycles. The van der Waals surface area contributed by atoms with E-state index < -0.39 is 11.6 Å². The minimum absolute atomic E-state index is 0.106. The third-order valence-corrected chi connectivity index (χ3v) is 4.01. The van der Waals surface area contributed by atoms with E-state index in [1.165, 1.54) is 12.1 Å². The van der Waals surface area contributed by atoms with Crippen LogP contribution in [0.5, 0.6) is 0 Å². The number of halogens is 2. The zero-order chi connectivity index (χ0) is 15.6. The molecule has 1 aliphatic rings. The highest BCUT2D eigenvalue weighted by Crippen LogP contribution is 2.34. The molecule has 1 aromatic carbocycles. The van der Waals surface area contributed by atoms with E-state index in [0.717, 1.165) is 19.4 Å². The highest BCUT2D eigenvalue weighted by atomic mass is 19.1. The van der Waals surface area contributed by atoms with Crippen LogP contribution in [0, 0.1) is 17.0 Å². The van der Waals surface area contributed by atoms with Gasteiger partial charge in [-0.2, -0.15) is 0 Å². The minimum atomic E-state index is -0.451.